The molecule has 1 N–H and O–H groups in total. The van der Waals surface area contributed by atoms with Crippen LogP contribution in [0.5, 0.6) is 0 Å². The second kappa shape index (κ2) is 6.22. The normalized spacial score (nSPS) is 19.7. The first-order chi connectivity index (χ1) is 8.27. The number of nitrogens with one attached hydrogen (secondary N) is 1. The topological polar surface area (TPSA) is 28.4 Å². The quantitative estimate of drug-likeness (QED) is 0.852. The number of rotatable bonds is 5. The number of hydrogen-bond donors (Lipinski definition) is 1. The SMILES string of the molecule is CC(C)CC[C@H](c1ccoc1)N1CCNCC1. The molecule has 0 aliphatic carbocycles. The van der Waals surface area contributed by atoms with E-state index in [1.54, 1.807) is 6.26 Å². The van der Waals surface area contributed by atoms with Gasteiger partial charge >= 0.3 is 0 Å². The van der Waals surface area contributed by atoms with Gasteiger partial charge in [-0.2, -0.15) is 0 Å². The average molecular weight is 236 g/mol. The highest BCUT2D eigenvalue weighted by Crippen LogP contribution is 2.27. The molecule has 2 rings (SSSR count). The fourth-order valence-corrected chi connectivity index (χ4v) is 2.51. The number of furan rings is 1. The summed E-state index contributed by atoms with van der Waals surface area (Å²) in [4.78, 5) is 2.59. The lowest BCUT2D eigenvalue weighted by molar-refractivity contribution is 0.159. The zero-order valence-electron chi connectivity index (χ0n) is 11.0. The van der Waals surface area contributed by atoms with Crippen molar-refractivity contribution in [1.29, 1.82) is 0 Å². The van der Waals surface area contributed by atoms with Crippen LogP contribution in [0, 0.1) is 5.92 Å². The fourth-order valence-electron chi connectivity index (χ4n) is 2.51. The van der Waals surface area contributed by atoms with Crippen molar-refractivity contribution >= 4 is 0 Å². The molecule has 2 heterocycles. The molecule has 1 atom stereocenters. The van der Waals surface area contributed by atoms with E-state index in [4.69, 9.17) is 4.42 Å². The van der Waals surface area contributed by atoms with Gasteiger partial charge in [0.2, 0.25) is 0 Å². The van der Waals surface area contributed by atoms with Crippen LogP contribution in [0.4, 0.5) is 0 Å². The molecule has 3 heteroatoms. The molecule has 0 aromatic carbocycles. The number of nitrogens with zero attached hydrogens (tertiary/aromatic N) is 1. The van der Waals surface area contributed by atoms with E-state index in [0.717, 1.165) is 32.1 Å². The van der Waals surface area contributed by atoms with Crippen molar-refractivity contribution in [3.8, 4) is 0 Å². The molecule has 0 unspecified atom stereocenters. The molecule has 1 aliphatic heterocycles. The first kappa shape index (κ1) is 12.7. The second-order valence-electron chi connectivity index (χ2n) is 5.33. The van der Waals surface area contributed by atoms with Crippen molar-refractivity contribution in [2.75, 3.05) is 26.2 Å². The van der Waals surface area contributed by atoms with E-state index in [9.17, 15) is 0 Å². The smallest absolute Gasteiger partial charge is 0.0950 e. The molecule has 3 nitrogen and oxygen atoms in total. The molecule has 1 aromatic heterocycles. The maximum atomic E-state index is 5.25. The summed E-state index contributed by atoms with van der Waals surface area (Å²) in [7, 11) is 0. The maximum Gasteiger partial charge on any atom is 0.0950 e. The predicted octanol–water partition coefficient (Wildman–Crippen LogP) is 2.66. The third-order valence-electron chi connectivity index (χ3n) is 3.54. The summed E-state index contributed by atoms with van der Waals surface area (Å²) in [5, 5.41) is 3.41. The van der Waals surface area contributed by atoms with E-state index in [1.165, 1.54) is 18.4 Å². The zero-order valence-corrected chi connectivity index (χ0v) is 11.0. The van der Waals surface area contributed by atoms with E-state index in [0.29, 0.717) is 6.04 Å². The van der Waals surface area contributed by atoms with E-state index >= 15 is 0 Å². The van der Waals surface area contributed by atoms with Crippen molar-refractivity contribution in [2.45, 2.75) is 32.7 Å². The van der Waals surface area contributed by atoms with Crippen LogP contribution in [0.25, 0.3) is 0 Å². The van der Waals surface area contributed by atoms with Crippen LogP contribution in [-0.2, 0) is 0 Å². The lowest BCUT2D eigenvalue weighted by Crippen LogP contribution is -2.45. The largest absolute Gasteiger partial charge is 0.472 e. The van der Waals surface area contributed by atoms with Gasteiger partial charge in [-0.3, -0.25) is 4.90 Å². The van der Waals surface area contributed by atoms with E-state index in [-0.39, 0.29) is 0 Å². The van der Waals surface area contributed by atoms with Gasteiger partial charge < -0.3 is 9.73 Å². The Labute approximate surface area is 104 Å². The Bertz CT molecular complexity index is 302. The van der Waals surface area contributed by atoms with E-state index in [2.05, 4.69) is 30.1 Å². The molecule has 0 bridgehead atoms. The third-order valence-corrected chi connectivity index (χ3v) is 3.54. The maximum absolute atomic E-state index is 5.25. The van der Waals surface area contributed by atoms with Gasteiger partial charge in [-0.15, -0.1) is 0 Å². The predicted molar refractivity (Wildman–Crippen MR) is 70.0 cm³/mol. The van der Waals surface area contributed by atoms with Gasteiger partial charge in [-0.25, -0.2) is 0 Å². The molecular formula is C14H24N2O. The van der Waals surface area contributed by atoms with Gasteiger partial charge in [0.15, 0.2) is 0 Å². The van der Waals surface area contributed by atoms with Crippen LogP contribution in [0.1, 0.15) is 38.3 Å². The fraction of sp³-hybridized carbons (Fsp3) is 0.714. The first-order valence-corrected chi connectivity index (χ1v) is 6.74. The van der Waals surface area contributed by atoms with Crippen molar-refractivity contribution in [2.24, 2.45) is 5.92 Å². The molecule has 17 heavy (non-hydrogen) atoms. The van der Waals surface area contributed by atoms with Crippen molar-refractivity contribution in [3.63, 3.8) is 0 Å². The molecule has 0 radical (unpaired) electrons. The van der Waals surface area contributed by atoms with Gasteiger partial charge in [-0.05, 0) is 24.8 Å². The van der Waals surface area contributed by atoms with Crippen LogP contribution >= 0.6 is 0 Å². The minimum Gasteiger partial charge on any atom is -0.472 e. The van der Waals surface area contributed by atoms with E-state index in [1.807, 2.05) is 6.26 Å². The Hall–Kier alpha value is -0.800. The lowest BCUT2D eigenvalue weighted by atomic mass is 9.97. The highest BCUT2D eigenvalue weighted by atomic mass is 16.3. The standard InChI is InChI=1S/C14H24N2O/c1-12(2)3-4-14(13-5-10-17-11-13)16-8-6-15-7-9-16/h5,10-12,14-15H,3-4,6-9H2,1-2H3/t14-/m1/s1. The average Bonchev–Trinajstić information content (AvgIpc) is 2.84. The summed E-state index contributed by atoms with van der Waals surface area (Å²) in [5.41, 5.74) is 1.34. The van der Waals surface area contributed by atoms with Crippen molar-refractivity contribution < 1.29 is 4.42 Å². The minimum absolute atomic E-state index is 0.540. The van der Waals surface area contributed by atoms with Crippen molar-refractivity contribution in [1.82, 2.24) is 10.2 Å². The Morgan fingerprint density at radius 3 is 2.65 bits per heavy atom. The van der Waals surface area contributed by atoms with Gasteiger partial charge in [-0.1, -0.05) is 13.8 Å². The zero-order chi connectivity index (χ0) is 12.1. The van der Waals surface area contributed by atoms with E-state index < -0.39 is 0 Å². The molecule has 0 amide bonds. The number of hydrogen-bond acceptors (Lipinski definition) is 3. The summed E-state index contributed by atoms with van der Waals surface area (Å²) in [5.74, 6) is 0.771. The lowest BCUT2D eigenvalue weighted by Gasteiger charge is -2.34. The van der Waals surface area contributed by atoms with Crippen LogP contribution in [0.3, 0.4) is 0 Å². The number of piperazine rings is 1. The molecule has 1 aliphatic rings. The Morgan fingerprint density at radius 2 is 2.06 bits per heavy atom. The van der Waals surface area contributed by atoms with Gasteiger partial charge in [0.1, 0.15) is 0 Å². The van der Waals surface area contributed by atoms with Crippen molar-refractivity contribution in [3.05, 3.63) is 24.2 Å². The molecule has 0 saturated carbocycles. The van der Waals surface area contributed by atoms with Crippen LogP contribution in [0.15, 0.2) is 23.0 Å². The highest BCUT2D eigenvalue weighted by Gasteiger charge is 2.22. The molecule has 1 fully saturated rings. The van der Waals surface area contributed by atoms with Crippen LogP contribution in [0.2, 0.25) is 0 Å². The first-order valence-electron chi connectivity index (χ1n) is 6.74. The Morgan fingerprint density at radius 1 is 1.29 bits per heavy atom. The Balaban J connectivity index is 2.01. The van der Waals surface area contributed by atoms with Crippen LogP contribution in [-0.4, -0.2) is 31.1 Å². The molecule has 0 spiro atoms. The summed E-state index contributed by atoms with van der Waals surface area (Å²) in [6.07, 6.45) is 6.21. The summed E-state index contributed by atoms with van der Waals surface area (Å²) >= 11 is 0. The summed E-state index contributed by atoms with van der Waals surface area (Å²) in [6, 6.07) is 2.66. The Kier molecular flexibility index (Phi) is 4.63. The van der Waals surface area contributed by atoms with Crippen LogP contribution < -0.4 is 5.32 Å². The highest BCUT2D eigenvalue weighted by molar-refractivity contribution is 5.12. The van der Waals surface area contributed by atoms with Gasteiger partial charge in [0.25, 0.3) is 0 Å². The second-order valence-corrected chi connectivity index (χ2v) is 5.33. The summed E-state index contributed by atoms with van der Waals surface area (Å²) in [6.45, 7) is 9.10. The molecule has 1 saturated heterocycles. The third kappa shape index (κ3) is 3.58. The van der Waals surface area contributed by atoms with Gasteiger partial charge in [0.05, 0.1) is 12.5 Å². The molecule has 1 aromatic rings. The van der Waals surface area contributed by atoms with Gasteiger partial charge in [0, 0.05) is 37.8 Å². The molecular weight excluding hydrogens is 212 g/mol. The molecule has 96 valence electrons. The monoisotopic (exact) mass is 236 g/mol. The summed E-state index contributed by atoms with van der Waals surface area (Å²) < 4.78 is 5.25. The minimum atomic E-state index is 0.540.